The molecule has 184 valence electrons. The van der Waals surface area contributed by atoms with Crippen molar-refractivity contribution < 1.29 is 19.0 Å². The molecule has 0 radical (unpaired) electrons. The number of halogens is 1. The summed E-state index contributed by atoms with van der Waals surface area (Å²) in [7, 11) is 4.87. The molecule has 7 nitrogen and oxygen atoms in total. The molecule has 0 spiro atoms. The van der Waals surface area contributed by atoms with Crippen molar-refractivity contribution in [2.45, 2.75) is 12.5 Å². The summed E-state index contributed by atoms with van der Waals surface area (Å²) in [6.45, 7) is 0.524. The Balaban J connectivity index is 1.52. The molecular weight excluding hydrogens is 522 g/mol. The van der Waals surface area contributed by atoms with Crippen molar-refractivity contribution in [3.8, 4) is 28.5 Å². The van der Waals surface area contributed by atoms with Gasteiger partial charge in [0, 0.05) is 22.1 Å². The molecule has 0 saturated carbocycles. The zero-order valence-corrected chi connectivity index (χ0v) is 21.8. The highest BCUT2D eigenvalue weighted by molar-refractivity contribution is 9.10. The molecule has 1 amide bonds. The highest BCUT2D eigenvalue weighted by Gasteiger charge is 2.42. The number of amides is 1. The minimum absolute atomic E-state index is 0.0669. The van der Waals surface area contributed by atoms with Gasteiger partial charge in [-0.05, 0) is 66.1 Å². The molecule has 3 aromatic carbocycles. The van der Waals surface area contributed by atoms with Crippen LogP contribution in [0.4, 0.5) is 0 Å². The quantitative estimate of drug-likeness (QED) is 0.308. The van der Waals surface area contributed by atoms with Crippen LogP contribution in [0.2, 0.25) is 0 Å². The Morgan fingerprint density at radius 3 is 2.42 bits per heavy atom. The summed E-state index contributed by atoms with van der Waals surface area (Å²) in [6, 6.07) is 21.4. The van der Waals surface area contributed by atoms with Crippen molar-refractivity contribution in [1.29, 1.82) is 0 Å². The van der Waals surface area contributed by atoms with Crippen molar-refractivity contribution in [3.63, 3.8) is 0 Å². The van der Waals surface area contributed by atoms with Gasteiger partial charge in [0.25, 0.3) is 5.91 Å². The molecule has 0 fully saturated rings. The maximum absolute atomic E-state index is 13.6. The van der Waals surface area contributed by atoms with E-state index in [1.165, 1.54) is 0 Å². The third-order valence-electron chi connectivity index (χ3n) is 6.48. The minimum Gasteiger partial charge on any atom is -0.497 e. The molecule has 1 N–H and O–H groups in total. The monoisotopic (exact) mass is 547 g/mol. The van der Waals surface area contributed by atoms with Gasteiger partial charge in [0.1, 0.15) is 11.4 Å². The first-order chi connectivity index (χ1) is 17.5. The van der Waals surface area contributed by atoms with Gasteiger partial charge in [0.15, 0.2) is 11.5 Å². The molecule has 1 atom stereocenters. The highest BCUT2D eigenvalue weighted by atomic mass is 79.9. The van der Waals surface area contributed by atoms with Gasteiger partial charge in [-0.1, -0.05) is 34.1 Å². The normalized spacial score (nSPS) is 14.6. The van der Waals surface area contributed by atoms with Gasteiger partial charge in [0.2, 0.25) is 0 Å². The number of aromatic amines is 1. The first kappa shape index (κ1) is 23.9. The zero-order valence-electron chi connectivity index (χ0n) is 20.2. The van der Waals surface area contributed by atoms with E-state index in [0.717, 1.165) is 38.2 Å². The lowest BCUT2D eigenvalue weighted by atomic mass is 9.96. The molecule has 0 saturated heterocycles. The van der Waals surface area contributed by atoms with Crippen LogP contribution in [0.1, 0.15) is 33.2 Å². The fraction of sp³-hybridized carbons (Fsp3) is 0.214. The Morgan fingerprint density at radius 2 is 1.72 bits per heavy atom. The van der Waals surface area contributed by atoms with Crippen LogP contribution >= 0.6 is 15.9 Å². The summed E-state index contributed by atoms with van der Waals surface area (Å²) in [5, 5.41) is 7.57. The number of aromatic nitrogens is 2. The van der Waals surface area contributed by atoms with Crippen LogP contribution in [-0.4, -0.2) is 48.9 Å². The lowest BCUT2D eigenvalue weighted by Crippen LogP contribution is -2.31. The van der Waals surface area contributed by atoms with Crippen molar-refractivity contribution in [3.05, 3.63) is 93.6 Å². The SMILES string of the molecule is COc1ccc(-c2n[nH]c3c2C(c2cccc(Br)c2)N(CCc2ccc(OC)c(OC)c2)C3=O)cc1. The van der Waals surface area contributed by atoms with Gasteiger partial charge in [-0.15, -0.1) is 0 Å². The summed E-state index contributed by atoms with van der Waals surface area (Å²) in [4.78, 5) is 15.5. The first-order valence-corrected chi connectivity index (χ1v) is 12.3. The maximum atomic E-state index is 13.6. The second-order valence-corrected chi connectivity index (χ2v) is 9.40. The van der Waals surface area contributed by atoms with Crippen LogP contribution < -0.4 is 14.2 Å². The summed E-state index contributed by atoms with van der Waals surface area (Å²) < 4.78 is 17.1. The standard InChI is InChI=1S/C28H26BrN3O4/c1-34-21-10-8-18(9-11-21)25-24-26(31-30-25)28(33)32(27(24)19-5-4-6-20(29)16-19)14-13-17-7-12-22(35-2)23(15-17)36-3/h4-12,15-16,27H,13-14H2,1-3H3,(H,30,31). The molecule has 1 aliphatic heterocycles. The average Bonchev–Trinajstić information content (AvgIpc) is 3.45. The van der Waals surface area contributed by atoms with Gasteiger partial charge in [-0.25, -0.2) is 0 Å². The molecule has 5 rings (SSSR count). The molecule has 2 heterocycles. The number of rotatable bonds is 8. The van der Waals surface area contributed by atoms with E-state index in [1.807, 2.05) is 65.6 Å². The number of carbonyl (C=O) groups excluding carboxylic acids is 1. The van der Waals surface area contributed by atoms with Crippen molar-refractivity contribution in [1.82, 2.24) is 15.1 Å². The fourth-order valence-corrected chi connectivity index (χ4v) is 5.12. The number of methoxy groups -OCH3 is 3. The van der Waals surface area contributed by atoms with Gasteiger partial charge in [-0.3, -0.25) is 9.89 Å². The summed E-state index contributed by atoms with van der Waals surface area (Å²) in [5.41, 5.74) is 5.16. The van der Waals surface area contributed by atoms with E-state index in [1.54, 1.807) is 21.3 Å². The van der Waals surface area contributed by atoms with Gasteiger partial charge < -0.3 is 19.1 Å². The number of fused-ring (bicyclic) bond motifs is 1. The maximum Gasteiger partial charge on any atom is 0.273 e. The molecule has 0 aliphatic carbocycles. The molecule has 8 heteroatoms. The van der Waals surface area contributed by atoms with E-state index in [0.29, 0.717) is 30.2 Å². The van der Waals surface area contributed by atoms with Crippen LogP contribution in [0, 0.1) is 0 Å². The summed E-state index contributed by atoms with van der Waals surface area (Å²) in [5.74, 6) is 2.04. The third-order valence-corrected chi connectivity index (χ3v) is 6.97. The van der Waals surface area contributed by atoms with Crippen molar-refractivity contribution >= 4 is 21.8 Å². The molecular formula is C28H26BrN3O4. The number of hydrogen-bond donors (Lipinski definition) is 1. The lowest BCUT2D eigenvalue weighted by Gasteiger charge is -2.27. The number of ether oxygens (including phenoxy) is 3. The van der Waals surface area contributed by atoms with Crippen LogP contribution in [0.5, 0.6) is 17.2 Å². The third kappa shape index (κ3) is 4.33. The van der Waals surface area contributed by atoms with Crippen LogP contribution in [0.3, 0.4) is 0 Å². The Hall–Kier alpha value is -3.78. The predicted octanol–water partition coefficient (Wildman–Crippen LogP) is 5.65. The molecule has 0 bridgehead atoms. The number of benzene rings is 3. The van der Waals surface area contributed by atoms with E-state index in [-0.39, 0.29) is 11.9 Å². The second-order valence-electron chi connectivity index (χ2n) is 8.48. The minimum atomic E-state index is -0.277. The predicted molar refractivity (Wildman–Crippen MR) is 141 cm³/mol. The number of nitrogens with one attached hydrogen (secondary N) is 1. The van der Waals surface area contributed by atoms with Crippen molar-refractivity contribution in [2.75, 3.05) is 27.9 Å². The largest absolute Gasteiger partial charge is 0.497 e. The number of nitrogens with zero attached hydrogens (tertiary/aromatic N) is 2. The fourth-order valence-electron chi connectivity index (χ4n) is 4.71. The molecule has 36 heavy (non-hydrogen) atoms. The van der Waals surface area contributed by atoms with Gasteiger partial charge >= 0.3 is 0 Å². The molecule has 1 aliphatic rings. The van der Waals surface area contributed by atoms with E-state index >= 15 is 0 Å². The molecule has 1 unspecified atom stereocenters. The molecule has 1 aromatic heterocycles. The van der Waals surface area contributed by atoms with E-state index in [4.69, 9.17) is 14.2 Å². The second kappa shape index (κ2) is 10.1. The van der Waals surface area contributed by atoms with Crippen molar-refractivity contribution in [2.24, 2.45) is 0 Å². The summed E-state index contributed by atoms with van der Waals surface area (Å²) in [6.07, 6.45) is 0.659. The number of carbonyl (C=O) groups is 1. The smallest absolute Gasteiger partial charge is 0.273 e. The van der Waals surface area contributed by atoms with E-state index in [2.05, 4.69) is 32.2 Å². The first-order valence-electron chi connectivity index (χ1n) is 11.5. The van der Waals surface area contributed by atoms with Crippen LogP contribution in [0.15, 0.2) is 71.2 Å². The van der Waals surface area contributed by atoms with E-state index < -0.39 is 0 Å². The highest BCUT2D eigenvalue weighted by Crippen LogP contribution is 2.43. The average molecular weight is 548 g/mol. The van der Waals surface area contributed by atoms with Gasteiger partial charge in [0.05, 0.1) is 33.1 Å². The summed E-state index contributed by atoms with van der Waals surface area (Å²) >= 11 is 3.59. The Labute approximate surface area is 218 Å². The number of hydrogen-bond acceptors (Lipinski definition) is 5. The van der Waals surface area contributed by atoms with Gasteiger partial charge in [-0.2, -0.15) is 5.10 Å². The Kier molecular flexibility index (Phi) is 6.69. The topological polar surface area (TPSA) is 76.7 Å². The Morgan fingerprint density at radius 1 is 0.944 bits per heavy atom. The van der Waals surface area contributed by atoms with E-state index in [9.17, 15) is 4.79 Å². The zero-order chi connectivity index (χ0) is 25.2. The van der Waals surface area contributed by atoms with Crippen LogP contribution in [-0.2, 0) is 6.42 Å². The molecule has 4 aromatic rings. The number of H-pyrrole nitrogens is 1. The lowest BCUT2D eigenvalue weighted by molar-refractivity contribution is 0.0746. The Bertz CT molecular complexity index is 1400. The van der Waals surface area contributed by atoms with Crippen LogP contribution in [0.25, 0.3) is 11.3 Å².